The first-order chi connectivity index (χ1) is 9.86. The molecule has 0 aromatic heterocycles. The zero-order chi connectivity index (χ0) is 15.5. The number of benzene rings is 1. The first-order valence-corrected chi connectivity index (χ1v) is 7.68. The molecule has 0 bridgehead atoms. The number of hydrogen-bond donors (Lipinski definition) is 1. The molecular weight excluding hydrogens is 286 g/mol. The average Bonchev–Trinajstić information content (AvgIpc) is 2.84. The number of β-amino-alcohol motifs (C(OH)–C–C–N with tert-alkyl or cyclic N) is 1. The highest BCUT2D eigenvalue weighted by Gasteiger charge is 2.27. The van der Waals surface area contributed by atoms with E-state index in [1.54, 1.807) is 0 Å². The molecule has 4 nitrogen and oxygen atoms in total. The molecule has 1 aromatic carbocycles. The molecule has 1 heterocycles. The van der Waals surface area contributed by atoms with Gasteiger partial charge in [0, 0.05) is 18.1 Å². The number of aliphatic hydroxyl groups excluding tert-OH is 1. The van der Waals surface area contributed by atoms with Gasteiger partial charge in [-0.05, 0) is 29.5 Å². The Balaban J connectivity index is 1.87. The van der Waals surface area contributed by atoms with Crippen molar-refractivity contribution in [2.75, 3.05) is 19.8 Å². The van der Waals surface area contributed by atoms with E-state index in [-0.39, 0.29) is 11.5 Å². The third kappa shape index (κ3) is 4.70. The van der Waals surface area contributed by atoms with Crippen molar-refractivity contribution < 1.29 is 5.11 Å². The summed E-state index contributed by atoms with van der Waals surface area (Å²) in [6.07, 6.45) is 2.40. The molecule has 116 valence electrons. The van der Waals surface area contributed by atoms with Gasteiger partial charge in [0.2, 0.25) is 0 Å². The van der Waals surface area contributed by atoms with E-state index in [2.05, 4.69) is 15.0 Å². The summed E-state index contributed by atoms with van der Waals surface area (Å²) in [5, 5.41) is 15.2. The number of aliphatic hydroxyl groups is 1. The SMILES string of the molecule is CC(C)(C)C(O)CN1CN=CN1CCc1ccc(Cl)cc1. The Hall–Kier alpha value is -1.10. The van der Waals surface area contributed by atoms with Gasteiger partial charge in [-0.1, -0.05) is 44.5 Å². The number of hydrazine groups is 1. The van der Waals surface area contributed by atoms with Gasteiger partial charge in [-0.2, -0.15) is 5.01 Å². The molecule has 21 heavy (non-hydrogen) atoms. The van der Waals surface area contributed by atoms with Gasteiger partial charge < -0.3 is 5.11 Å². The van der Waals surface area contributed by atoms with Gasteiger partial charge in [0.05, 0.1) is 6.10 Å². The average molecular weight is 310 g/mol. The van der Waals surface area contributed by atoms with Crippen molar-refractivity contribution in [3.8, 4) is 0 Å². The molecule has 2 rings (SSSR count). The van der Waals surface area contributed by atoms with Crippen LogP contribution in [0.5, 0.6) is 0 Å². The van der Waals surface area contributed by atoms with Crippen LogP contribution in [0.15, 0.2) is 29.3 Å². The summed E-state index contributed by atoms with van der Waals surface area (Å²) in [4.78, 5) is 4.30. The molecule has 0 amide bonds. The molecule has 1 aliphatic rings. The molecule has 0 radical (unpaired) electrons. The van der Waals surface area contributed by atoms with Crippen LogP contribution < -0.4 is 0 Å². The summed E-state index contributed by atoms with van der Waals surface area (Å²) in [5.74, 6) is 0. The Morgan fingerprint density at radius 2 is 1.95 bits per heavy atom. The fourth-order valence-electron chi connectivity index (χ4n) is 2.11. The summed E-state index contributed by atoms with van der Waals surface area (Å²) in [5.41, 5.74) is 1.13. The van der Waals surface area contributed by atoms with Crippen molar-refractivity contribution in [2.45, 2.75) is 33.3 Å². The molecule has 0 aliphatic carbocycles. The van der Waals surface area contributed by atoms with Gasteiger partial charge in [-0.25, -0.2) is 0 Å². The first kappa shape index (κ1) is 16.3. The predicted octanol–water partition coefficient (Wildman–Crippen LogP) is 2.81. The van der Waals surface area contributed by atoms with Crippen molar-refractivity contribution in [1.29, 1.82) is 0 Å². The van der Waals surface area contributed by atoms with E-state index in [1.165, 1.54) is 5.56 Å². The minimum Gasteiger partial charge on any atom is -0.391 e. The van der Waals surface area contributed by atoms with Gasteiger partial charge in [-0.3, -0.25) is 10.0 Å². The summed E-state index contributed by atoms with van der Waals surface area (Å²) < 4.78 is 0. The molecular formula is C16H24ClN3O. The van der Waals surface area contributed by atoms with Crippen LogP contribution in [0.2, 0.25) is 5.02 Å². The number of hydrogen-bond acceptors (Lipinski definition) is 4. The monoisotopic (exact) mass is 309 g/mol. The molecule has 0 saturated heterocycles. The maximum Gasteiger partial charge on any atom is 0.110 e. The van der Waals surface area contributed by atoms with Crippen LogP contribution in [0.25, 0.3) is 0 Å². The number of rotatable bonds is 5. The minimum absolute atomic E-state index is 0.121. The van der Waals surface area contributed by atoms with Crippen LogP contribution in [-0.2, 0) is 6.42 Å². The highest BCUT2D eigenvalue weighted by atomic mass is 35.5. The molecule has 5 heteroatoms. The Labute approximate surface area is 132 Å². The van der Waals surface area contributed by atoms with Crippen molar-refractivity contribution in [3.63, 3.8) is 0 Å². The molecule has 1 atom stereocenters. The van der Waals surface area contributed by atoms with Crippen LogP contribution in [-0.4, -0.2) is 47.3 Å². The molecule has 1 aromatic rings. The molecule has 1 N–H and O–H groups in total. The predicted molar refractivity (Wildman–Crippen MR) is 87.4 cm³/mol. The van der Waals surface area contributed by atoms with Crippen LogP contribution in [0.4, 0.5) is 0 Å². The number of nitrogens with zero attached hydrogens (tertiary/aromatic N) is 3. The lowest BCUT2D eigenvalue weighted by Crippen LogP contribution is -2.46. The zero-order valence-electron chi connectivity index (χ0n) is 13.0. The minimum atomic E-state index is -0.378. The fourth-order valence-corrected chi connectivity index (χ4v) is 2.24. The lowest BCUT2D eigenvalue weighted by atomic mass is 9.89. The Bertz CT molecular complexity index is 481. The van der Waals surface area contributed by atoms with Gasteiger partial charge in [0.15, 0.2) is 0 Å². The largest absolute Gasteiger partial charge is 0.391 e. The van der Waals surface area contributed by atoms with Gasteiger partial charge in [-0.15, -0.1) is 0 Å². The second-order valence-electron chi connectivity index (χ2n) is 6.55. The highest BCUT2D eigenvalue weighted by molar-refractivity contribution is 6.30. The van der Waals surface area contributed by atoms with E-state index in [9.17, 15) is 5.11 Å². The molecule has 0 saturated carbocycles. The first-order valence-electron chi connectivity index (χ1n) is 7.30. The van der Waals surface area contributed by atoms with E-state index in [1.807, 2.05) is 51.4 Å². The topological polar surface area (TPSA) is 39.1 Å². The standard InChI is InChI=1S/C16H24ClN3O/c1-16(2,3)15(21)10-20-12-18-11-19(20)9-8-13-4-6-14(17)7-5-13/h4-7,11,15,21H,8-10,12H2,1-3H3. The summed E-state index contributed by atoms with van der Waals surface area (Å²) in [7, 11) is 0. The van der Waals surface area contributed by atoms with Crippen LogP contribution in [0, 0.1) is 5.41 Å². The quantitative estimate of drug-likeness (QED) is 0.909. The van der Waals surface area contributed by atoms with E-state index in [4.69, 9.17) is 11.6 Å². The van der Waals surface area contributed by atoms with E-state index >= 15 is 0 Å². The fraction of sp³-hybridized carbons (Fsp3) is 0.562. The maximum absolute atomic E-state index is 10.2. The zero-order valence-corrected chi connectivity index (χ0v) is 13.7. The van der Waals surface area contributed by atoms with Gasteiger partial charge in [0.25, 0.3) is 0 Å². The Kier molecular flexibility index (Phi) is 5.25. The normalized spacial score (nSPS) is 17.5. The second kappa shape index (κ2) is 6.77. The third-order valence-electron chi connectivity index (χ3n) is 3.75. The molecule has 0 spiro atoms. The van der Waals surface area contributed by atoms with Crippen LogP contribution >= 0.6 is 11.6 Å². The van der Waals surface area contributed by atoms with E-state index in [0.717, 1.165) is 18.0 Å². The van der Waals surface area contributed by atoms with E-state index in [0.29, 0.717) is 13.2 Å². The Morgan fingerprint density at radius 3 is 2.57 bits per heavy atom. The van der Waals surface area contributed by atoms with Crippen molar-refractivity contribution >= 4 is 17.9 Å². The Morgan fingerprint density at radius 1 is 1.29 bits per heavy atom. The smallest absolute Gasteiger partial charge is 0.110 e. The number of halogens is 1. The van der Waals surface area contributed by atoms with E-state index < -0.39 is 0 Å². The van der Waals surface area contributed by atoms with Crippen LogP contribution in [0.1, 0.15) is 26.3 Å². The summed E-state index contributed by atoms with van der Waals surface area (Å²) in [6, 6.07) is 7.92. The number of aliphatic imine (C=N–C) groups is 1. The lowest BCUT2D eigenvalue weighted by molar-refractivity contribution is -0.0233. The molecule has 1 unspecified atom stereocenters. The molecule has 1 aliphatic heterocycles. The third-order valence-corrected chi connectivity index (χ3v) is 4.00. The van der Waals surface area contributed by atoms with Crippen molar-refractivity contribution in [1.82, 2.24) is 10.0 Å². The van der Waals surface area contributed by atoms with Crippen molar-refractivity contribution in [2.24, 2.45) is 10.4 Å². The summed E-state index contributed by atoms with van der Waals surface area (Å²) >= 11 is 5.89. The van der Waals surface area contributed by atoms with Gasteiger partial charge in [0.1, 0.15) is 13.0 Å². The summed E-state index contributed by atoms with van der Waals surface area (Å²) in [6.45, 7) is 8.21. The maximum atomic E-state index is 10.2. The lowest BCUT2D eigenvalue weighted by Gasteiger charge is -2.33. The van der Waals surface area contributed by atoms with Crippen LogP contribution in [0.3, 0.4) is 0 Å². The molecule has 0 fully saturated rings. The second-order valence-corrected chi connectivity index (χ2v) is 6.99. The van der Waals surface area contributed by atoms with Crippen molar-refractivity contribution in [3.05, 3.63) is 34.9 Å². The highest BCUT2D eigenvalue weighted by Crippen LogP contribution is 2.21. The van der Waals surface area contributed by atoms with Gasteiger partial charge >= 0.3 is 0 Å².